The maximum absolute atomic E-state index is 12.7. The summed E-state index contributed by atoms with van der Waals surface area (Å²) in [6, 6.07) is 3.59. The second-order valence-corrected chi connectivity index (χ2v) is 3.01. The van der Waals surface area contributed by atoms with Crippen LogP contribution >= 0.6 is 0 Å². The molecule has 1 atom stereocenters. The molecule has 1 rings (SSSR count). The highest BCUT2D eigenvalue weighted by molar-refractivity contribution is 5.76. The topological polar surface area (TPSA) is 57.5 Å². The third-order valence-corrected chi connectivity index (χ3v) is 2.08. The Balaban J connectivity index is 3.06. The molecular formula is C10H11FO3. The molecule has 0 aliphatic rings. The zero-order valence-corrected chi connectivity index (χ0v) is 7.70. The molecule has 4 heteroatoms. The summed E-state index contributed by atoms with van der Waals surface area (Å²) in [5, 5.41) is 17.9. The molecule has 1 aromatic carbocycles. The van der Waals surface area contributed by atoms with Gasteiger partial charge >= 0.3 is 5.97 Å². The molecule has 0 heterocycles. The first-order chi connectivity index (χ1) is 6.56. The zero-order chi connectivity index (χ0) is 10.7. The highest BCUT2D eigenvalue weighted by Gasteiger charge is 2.18. The van der Waals surface area contributed by atoms with Crippen LogP contribution in [0.2, 0.25) is 0 Å². The smallest absolute Gasteiger partial charge is 0.310 e. The Kier molecular flexibility index (Phi) is 3.06. The second-order valence-electron chi connectivity index (χ2n) is 3.01. The van der Waals surface area contributed by atoms with Gasteiger partial charge in [0.25, 0.3) is 0 Å². The van der Waals surface area contributed by atoms with Gasteiger partial charge in [0, 0.05) is 0 Å². The van der Waals surface area contributed by atoms with Crippen LogP contribution in [0.3, 0.4) is 0 Å². The lowest BCUT2D eigenvalue weighted by Gasteiger charge is -2.10. The van der Waals surface area contributed by atoms with E-state index in [4.69, 9.17) is 10.2 Å². The van der Waals surface area contributed by atoms with Gasteiger partial charge in [-0.15, -0.1) is 0 Å². The van der Waals surface area contributed by atoms with Crippen molar-refractivity contribution in [3.63, 3.8) is 0 Å². The molecule has 0 aromatic heterocycles. The van der Waals surface area contributed by atoms with E-state index in [1.807, 2.05) is 0 Å². The molecule has 0 saturated heterocycles. The van der Waals surface area contributed by atoms with Gasteiger partial charge in [0.05, 0.1) is 5.92 Å². The molecule has 1 unspecified atom stereocenters. The average Bonchev–Trinajstić information content (AvgIpc) is 2.11. The molecule has 3 nitrogen and oxygen atoms in total. The number of hydrogen-bond donors (Lipinski definition) is 2. The fraction of sp³-hybridized carbons (Fsp3) is 0.300. The number of hydrogen-bond acceptors (Lipinski definition) is 2. The minimum Gasteiger partial charge on any atom is -0.505 e. The number of phenolic OH excluding ortho intramolecular Hbond substituents is 1. The van der Waals surface area contributed by atoms with Gasteiger partial charge in [-0.25, -0.2) is 4.39 Å². The van der Waals surface area contributed by atoms with E-state index < -0.39 is 23.5 Å². The number of aromatic hydroxyl groups is 1. The lowest BCUT2D eigenvalue weighted by molar-refractivity contribution is -0.138. The van der Waals surface area contributed by atoms with Gasteiger partial charge in [-0.05, 0) is 24.1 Å². The Labute approximate surface area is 80.8 Å². The van der Waals surface area contributed by atoms with Gasteiger partial charge in [-0.2, -0.15) is 0 Å². The molecule has 1 aromatic rings. The van der Waals surface area contributed by atoms with Crippen molar-refractivity contribution in [1.29, 1.82) is 0 Å². The molecule has 0 fully saturated rings. The van der Waals surface area contributed by atoms with Crippen molar-refractivity contribution in [3.05, 3.63) is 29.6 Å². The van der Waals surface area contributed by atoms with E-state index in [-0.39, 0.29) is 0 Å². The van der Waals surface area contributed by atoms with Crippen molar-refractivity contribution in [2.24, 2.45) is 0 Å². The van der Waals surface area contributed by atoms with Crippen LogP contribution in [0.4, 0.5) is 4.39 Å². The molecule has 0 saturated carbocycles. The monoisotopic (exact) mass is 198 g/mol. The lowest BCUT2D eigenvalue weighted by Crippen LogP contribution is -2.10. The van der Waals surface area contributed by atoms with Crippen LogP contribution in [0.25, 0.3) is 0 Å². The molecule has 14 heavy (non-hydrogen) atoms. The van der Waals surface area contributed by atoms with E-state index >= 15 is 0 Å². The van der Waals surface area contributed by atoms with Crippen LogP contribution in [0.5, 0.6) is 5.75 Å². The number of carbonyl (C=O) groups is 1. The normalized spacial score (nSPS) is 12.4. The Morgan fingerprint density at radius 2 is 2.21 bits per heavy atom. The standard InChI is InChI=1S/C10H11FO3/c1-2-7(10(13)14)6-3-4-8(11)9(12)5-6/h3-5,7,12H,2H2,1H3,(H,13,14). The molecule has 0 aliphatic carbocycles. The fourth-order valence-corrected chi connectivity index (χ4v) is 1.30. The summed E-state index contributed by atoms with van der Waals surface area (Å²) in [5.74, 6) is -2.92. The Bertz CT molecular complexity index is 349. The summed E-state index contributed by atoms with van der Waals surface area (Å²) in [4.78, 5) is 10.8. The van der Waals surface area contributed by atoms with Crippen molar-refractivity contribution >= 4 is 5.97 Å². The van der Waals surface area contributed by atoms with Gasteiger partial charge in [0.1, 0.15) is 0 Å². The molecular weight excluding hydrogens is 187 g/mol. The highest BCUT2D eigenvalue weighted by Crippen LogP contribution is 2.25. The van der Waals surface area contributed by atoms with Gasteiger partial charge in [0.2, 0.25) is 0 Å². The van der Waals surface area contributed by atoms with Crippen molar-refractivity contribution in [2.75, 3.05) is 0 Å². The summed E-state index contributed by atoms with van der Waals surface area (Å²) >= 11 is 0. The number of benzene rings is 1. The van der Waals surface area contributed by atoms with Crippen molar-refractivity contribution in [1.82, 2.24) is 0 Å². The number of halogens is 1. The van der Waals surface area contributed by atoms with E-state index in [0.717, 1.165) is 12.1 Å². The minimum absolute atomic E-state index is 0.403. The summed E-state index contributed by atoms with van der Waals surface area (Å²) in [7, 11) is 0. The number of phenols is 1. The number of rotatable bonds is 3. The number of carboxylic acids is 1. The first-order valence-corrected chi connectivity index (χ1v) is 4.27. The van der Waals surface area contributed by atoms with Crippen molar-refractivity contribution in [2.45, 2.75) is 19.3 Å². The first kappa shape index (κ1) is 10.5. The maximum Gasteiger partial charge on any atom is 0.310 e. The molecule has 76 valence electrons. The average molecular weight is 198 g/mol. The molecule has 0 spiro atoms. The van der Waals surface area contributed by atoms with Crippen LogP contribution in [0.15, 0.2) is 18.2 Å². The van der Waals surface area contributed by atoms with Gasteiger partial charge in [-0.3, -0.25) is 4.79 Å². The summed E-state index contributed by atoms with van der Waals surface area (Å²) in [5.41, 5.74) is 0.416. The van der Waals surface area contributed by atoms with Crippen LogP contribution in [0, 0.1) is 5.82 Å². The van der Waals surface area contributed by atoms with Crippen molar-refractivity contribution < 1.29 is 19.4 Å². The lowest BCUT2D eigenvalue weighted by atomic mass is 9.96. The third-order valence-electron chi connectivity index (χ3n) is 2.08. The summed E-state index contributed by atoms with van der Waals surface area (Å²) in [6.45, 7) is 1.72. The molecule has 0 amide bonds. The Morgan fingerprint density at radius 1 is 1.57 bits per heavy atom. The Morgan fingerprint density at radius 3 is 2.64 bits per heavy atom. The quantitative estimate of drug-likeness (QED) is 0.782. The predicted molar refractivity (Wildman–Crippen MR) is 48.7 cm³/mol. The summed E-state index contributed by atoms with van der Waals surface area (Å²) < 4.78 is 12.7. The molecule has 2 N–H and O–H groups in total. The molecule has 0 radical (unpaired) electrons. The SMILES string of the molecule is CCC(C(=O)O)c1ccc(F)c(O)c1. The zero-order valence-electron chi connectivity index (χ0n) is 7.70. The number of carboxylic acid groups (broad SMARTS) is 1. The van der Waals surface area contributed by atoms with Crippen molar-refractivity contribution in [3.8, 4) is 5.75 Å². The van der Waals surface area contributed by atoms with E-state index in [1.165, 1.54) is 6.07 Å². The van der Waals surface area contributed by atoms with Gasteiger partial charge in [-0.1, -0.05) is 13.0 Å². The molecule has 0 aliphatic heterocycles. The highest BCUT2D eigenvalue weighted by atomic mass is 19.1. The van der Waals surface area contributed by atoms with E-state index in [2.05, 4.69) is 0 Å². The largest absolute Gasteiger partial charge is 0.505 e. The van der Waals surface area contributed by atoms with Crippen LogP contribution < -0.4 is 0 Å². The van der Waals surface area contributed by atoms with E-state index in [0.29, 0.717) is 12.0 Å². The molecule has 0 bridgehead atoms. The summed E-state index contributed by atoms with van der Waals surface area (Å²) in [6.07, 6.45) is 0.403. The van der Waals surface area contributed by atoms with Gasteiger partial charge in [0.15, 0.2) is 11.6 Å². The fourth-order valence-electron chi connectivity index (χ4n) is 1.30. The minimum atomic E-state index is -0.974. The second kappa shape index (κ2) is 4.09. The van der Waals surface area contributed by atoms with Crippen LogP contribution in [-0.4, -0.2) is 16.2 Å². The maximum atomic E-state index is 12.7. The first-order valence-electron chi connectivity index (χ1n) is 4.27. The number of aliphatic carboxylic acids is 1. The third kappa shape index (κ3) is 2.02. The van der Waals surface area contributed by atoms with Gasteiger partial charge < -0.3 is 10.2 Å². The predicted octanol–water partition coefficient (Wildman–Crippen LogP) is 2.11. The van der Waals surface area contributed by atoms with Crippen LogP contribution in [0.1, 0.15) is 24.8 Å². The Hall–Kier alpha value is -1.58. The van der Waals surface area contributed by atoms with E-state index in [1.54, 1.807) is 6.92 Å². The van der Waals surface area contributed by atoms with Crippen LogP contribution in [-0.2, 0) is 4.79 Å². The van der Waals surface area contributed by atoms with E-state index in [9.17, 15) is 9.18 Å².